The zero-order valence-corrected chi connectivity index (χ0v) is 16.5. The lowest BCUT2D eigenvalue weighted by molar-refractivity contribution is -0.141. The first-order valence-corrected chi connectivity index (χ1v) is 9.81. The number of amides is 2. The first-order valence-electron chi connectivity index (χ1n) is 9.81. The maximum Gasteiger partial charge on any atom is 0.260 e. The molecule has 1 aromatic carbocycles. The van der Waals surface area contributed by atoms with Crippen LogP contribution in [0.1, 0.15) is 18.4 Å². The van der Waals surface area contributed by atoms with Crippen molar-refractivity contribution in [1.29, 1.82) is 0 Å². The van der Waals surface area contributed by atoms with Gasteiger partial charge in [-0.15, -0.1) is 6.58 Å². The van der Waals surface area contributed by atoms with Crippen LogP contribution in [-0.2, 0) is 16.0 Å². The summed E-state index contributed by atoms with van der Waals surface area (Å²) < 4.78 is 11.1. The third-order valence-electron chi connectivity index (χ3n) is 5.28. The lowest BCUT2D eigenvalue weighted by atomic mass is 10.0. The molecular weight excluding hydrogens is 358 g/mol. The number of methoxy groups -OCH3 is 1. The van der Waals surface area contributed by atoms with Crippen LogP contribution in [0.4, 0.5) is 0 Å². The number of nitrogens with zero attached hydrogens (tertiary/aromatic N) is 2. The number of piperazine rings is 1. The first-order chi connectivity index (χ1) is 13.6. The molecule has 0 saturated carbocycles. The van der Waals surface area contributed by atoms with E-state index in [0.717, 1.165) is 31.4 Å². The lowest BCUT2D eigenvalue weighted by Gasteiger charge is -2.41. The Morgan fingerprint density at radius 3 is 2.96 bits per heavy atom. The van der Waals surface area contributed by atoms with Gasteiger partial charge in [0.1, 0.15) is 0 Å². The number of carbonyl (C=O) groups excluding carboxylic acids is 2. The molecule has 1 N–H and O–H groups in total. The largest absolute Gasteiger partial charge is 0.493 e. The molecule has 1 unspecified atom stereocenters. The number of hydrogen-bond donors (Lipinski definition) is 1. The molecule has 7 nitrogen and oxygen atoms in total. The van der Waals surface area contributed by atoms with E-state index in [9.17, 15) is 9.59 Å². The number of piperidine rings is 1. The quantitative estimate of drug-likeness (QED) is 0.713. The number of carbonyl (C=O) groups is 2. The Bertz CT molecular complexity index is 722. The smallest absolute Gasteiger partial charge is 0.260 e. The van der Waals surface area contributed by atoms with Crippen LogP contribution in [0.2, 0.25) is 0 Å². The van der Waals surface area contributed by atoms with Crippen molar-refractivity contribution in [2.24, 2.45) is 0 Å². The van der Waals surface area contributed by atoms with Gasteiger partial charge in [0.25, 0.3) is 5.91 Å². The number of likely N-dealkylation sites (tertiary alicyclic amines) is 1. The van der Waals surface area contributed by atoms with Gasteiger partial charge in [-0.25, -0.2) is 0 Å². The molecule has 2 heterocycles. The molecule has 1 aromatic rings. The van der Waals surface area contributed by atoms with Crippen LogP contribution in [-0.4, -0.2) is 74.1 Å². The summed E-state index contributed by atoms with van der Waals surface area (Å²) in [5, 5.41) is 3.09. The van der Waals surface area contributed by atoms with Crippen LogP contribution in [0.15, 0.2) is 30.9 Å². The molecule has 0 bridgehead atoms. The lowest BCUT2D eigenvalue weighted by Crippen LogP contribution is -2.57. The van der Waals surface area contributed by atoms with E-state index in [1.807, 2.05) is 34.1 Å². The van der Waals surface area contributed by atoms with Crippen LogP contribution >= 0.6 is 0 Å². The standard InChI is InChI=1S/C21H29N3O4/c1-3-5-16-7-8-18(19(12-16)27-2)28-15-21(26)23-10-4-6-17(14-23)24-11-9-22-13-20(24)25/h3,7-8,12,17,22H,1,4-6,9-11,13-15H2,2H3. The van der Waals surface area contributed by atoms with E-state index >= 15 is 0 Å². The number of allylic oxidation sites excluding steroid dienone is 1. The minimum atomic E-state index is -0.0653. The van der Waals surface area contributed by atoms with Crippen LogP contribution in [0.25, 0.3) is 0 Å². The second-order valence-corrected chi connectivity index (χ2v) is 7.17. The fourth-order valence-electron chi connectivity index (χ4n) is 3.80. The Morgan fingerprint density at radius 2 is 2.21 bits per heavy atom. The van der Waals surface area contributed by atoms with Crippen molar-refractivity contribution in [2.45, 2.75) is 25.3 Å². The van der Waals surface area contributed by atoms with E-state index in [1.54, 1.807) is 7.11 Å². The summed E-state index contributed by atoms with van der Waals surface area (Å²) in [6, 6.07) is 5.76. The average Bonchev–Trinajstić information content (AvgIpc) is 2.73. The molecule has 1 atom stereocenters. The second kappa shape index (κ2) is 9.59. The van der Waals surface area contributed by atoms with E-state index in [4.69, 9.17) is 9.47 Å². The van der Waals surface area contributed by atoms with Crippen LogP contribution in [0, 0.1) is 0 Å². The van der Waals surface area contributed by atoms with Crippen molar-refractivity contribution >= 4 is 11.8 Å². The van der Waals surface area contributed by atoms with Crippen LogP contribution in [0.5, 0.6) is 11.5 Å². The fourth-order valence-corrected chi connectivity index (χ4v) is 3.80. The molecule has 0 aromatic heterocycles. The van der Waals surface area contributed by atoms with Gasteiger partial charge < -0.3 is 24.6 Å². The maximum atomic E-state index is 12.7. The second-order valence-electron chi connectivity index (χ2n) is 7.17. The SMILES string of the molecule is C=CCc1ccc(OCC(=O)N2CCCC(N3CCNCC3=O)C2)c(OC)c1. The molecule has 7 heteroatoms. The van der Waals surface area contributed by atoms with Crippen molar-refractivity contribution in [3.63, 3.8) is 0 Å². The summed E-state index contributed by atoms with van der Waals surface area (Å²) in [5.41, 5.74) is 1.07. The monoisotopic (exact) mass is 387 g/mol. The third-order valence-corrected chi connectivity index (χ3v) is 5.28. The molecule has 152 valence electrons. The highest BCUT2D eigenvalue weighted by atomic mass is 16.5. The molecule has 2 aliphatic rings. The highest BCUT2D eigenvalue weighted by molar-refractivity contribution is 5.80. The fraction of sp³-hybridized carbons (Fsp3) is 0.524. The van der Waals surface area contributed by atoms with E-state index in [0.29, 0.717) is 37.7 Å². The van der Waals surface area contributed by atoms with Crippen molar-refractivity contribution in [3.8, 4) is 11.5 Å². The molecule has 2 aliphatic heterocycles. The molecular formula is C21H29N3O4. The van der Waals surface area contributed by atoms with Gasteiger partial charge in [0.05, 0.1) is 13.7 Å². The van der Waals surface area contributed by atoms with Crippen molar-refractivity contribution < 1.29 is 19.1 Å². The summed E-state index contributed by atoms with van der Waals surface area (Å²) in [6.45, 7) is 6.87. The van der Waals surface area contributed by atoms with Gasteiger partial charge in [0.2, 0.25) is 5.91 Å². The van der Waals surface area contributed by atoms with Gasteiger partial charge >= 0.3 is 0 Å². The Kier molecular flexibility index (Phi) is 6.92. The van der Waals surface area contributed by atoms with Crippen molar-refractivity contribution in [3.05, 3.63) is 36.4 Å². The van der Waals surface area contributed by atoms with Gasteiger partial charge in [-0.1, -0.05) is 12.1 Å². The van der Waals surface area contributed by atoms with E-state index < -0.39 is 0 Å². The summed E-state index contributed by atoms with van der Waals surface area (Å²) in [7, 11) is 1.58. The van der Waals surface area contributed by atoms with Gasteiger partial charge in [0.15, 0.2) is 18.1 Å². The van der Waals surface area contributed by atoms with Crippen molar-refractivity contribution in [2.75, 3.05) is 46.4 Å². The molecule has 2 amide bonds. The third kappa shape index (κ3) is 4.84. The predicted octanol–water partition coefficient (Wildman–Crippen LogP) is 1.23. The molecule has 0 radical (unpaired) electrons. The van der Waals surface area contributed by atoms with E-state index in [2.05, 4.69) is 11.9 Å². The van der Waals surface area contributed by atoms with E-state index in [-0.39, 0.29) is 24.5 Å². The topological polar surface area (TPSA) is 71.1 Å². The highest BCUT2D eigenvalue weighted by Crippen LogP contribution is 2.28. The minimum Gasteiger partial charge on any atom is -0.493 e. The Hall–Kier alpha value is -2.54. The Morgan fingerprint density at radius 1 is 1.36 bits per heavy atom. The van der Waals surface area contributed by atoms with Gasteiger partial charge in [-0.2, -0.15) is 0 Å². The molecule has 2 fully saturated rings. The predicted molar refractivity (Wildman–Crippen MR) is 107 cm³/mol. The number of nitrogens with one attached hydrogen (secondary N) is 1. The summed E-state index contributed by atoms with van der Waals surface area (Å²) in [6.07, 6.45) is 4.41. The molecule has 28 heavy (non-hydrogen) atoms. The number of hydrogen-bond acceptors (Lipinski definition) is 5. The number of ether oxygens (including phenoxy) is 2. The molecule has 0 spiro atoms. The van der Waals surface area contributed by atoms with Gasteiger partial charge in [0, 0.05) is 32.2 Å². The Balaban J connectivity index is 1.57. The molecule has 0 aliphatic carbocycles. The number of rotatable bonds is 7. The van der Waals surface area contributed by atoms with Gasteiger partial charge in [-0.3, -0.25) is 9.59 Å². The number of benzene rings is 1. The van der Waals surface area contributed by atoms with Crippen LogP contribution in [0.3, 0.4) is 0 Å². The van der Waals surface area contributed by atoms with E-state index in [1.165, 1.54) is 0 Å². The molecule has 2 saturated heterocycles. The maximum absolute atomic E-state index is 12.7. The minimum absolute atomic E-state index is 0.0423. The first kappa shape index (κ1) is 20.2. The highest BCUT2D eigenvalue weighted by Gasteiger charge is 2.31. The van der Waals surface area contributed by atoms with Crippen LogP contribution < -0.4 is 14.8 Å². The Labute approximate surface area is 166 Å². The summed E-state index contributed by atoms with van der Waals surface area (Å²) in [5.74, 6) is 1.21. The summed E-state index contributed by atoms with van der Waals surface area (Å²) in [4.78, 5) is 28.5. The zero-order valence-electron chi connectivity index (χ0n) is 16.5. The van der Waals surface area contributed by atoms with Crippen molar-refractivity contribution in [1.82, 2.24) is 15.1 Å². The normalized spacial score (nSPS) is 20.0. The summed E-state index contributed by atoms with van der Waals surface area (Å²) >= 11 is 0. The molecule has 3 rings (SSSR count). The van der Waals surface area contributed by atoms with Gasteiger partial charge in [-0.05, 0) is 37.0 Å². The zero-order chi connectivity index (χ0) is 19.9. The average molecular weight is 387 g/mol.